The van der Waals surface area contributed by atoms with Crippen LogP contribution in [0.2, 0.25) is 5.02 Å². The molecular weight excluding hydrogens is 296 g/mol. The Morgan fingerprint density at radius 1 is 1.20 bits per heavy atom. The topological polar surface area (TPSA) is 70.8 Å². The molecule has 4 nitrogen and oxygen atoms in total. The lowest BCUT2D eigenvalue weighted by Crippen LogP contribution is -2.05. The third-order valence-electron chi connectivity index (χ3n) is 2.50. The van der Waals surface area contributed by atoms with E-state index in [1.54, 1.807) is 42.5 Å². The van der Waals surface area contributed by atoms with E-state index in [0.717, 1.165) is 0 Å². The first-order valence-electron chi connectivity index (χ1n) is 5.58. The molecule has 0 radical (unpaired) electrons. The number of hydrogen-bond acceptors (Lipinski definition) is 4. The highest BCUT2D eigenvalue weighted by Crippen LogP contribution is 2.23. The molecule has 0 fully saturated rings. The summed E-state index contributed by atoms with van der Waals surface area (Å²) in [5, 5.41) is 9.31. The number of halogens is 1. The van der Waals surface area contributed by atoms with Crippen molar-refractivity contribution < 1.29 is 8.42 Å². The minimum Gasteiger partial charge on any atom is -0.244 e. The van der Waals surface area contributed by atoms with Crippen LogP contribution in [0.3, 0.4) is 0 Å². The summed E-state index contributed by atoms with van der Waals surface area (Å²) in [6, 6.07) is 12.9. The van der Waals surface area contributed by atoms with Crippen molar-refractivity contribution in [3.63, 3.8) is 0 Å². The summed E-state index contributed by atoms with van der Waals surface area (Å²) < 4.78 is 24.6. The molecule has 2 rings (SSSR count). The van der Waals surface area contributed by atoms with Crippen molar-refractivity contribution in [3.05, 3.63) is 64.2 Å². The predicted molar refractivity (Wildman–Crippen MR) is 76.5 cm³/mol. The molecule has 1 heterocycles. The highest BCUT2D eigenvalue weighted by molar-refractivity contribution is 7.95. The van der Waals surface area contributed by atoms with E-state index < -0.39 is 14.7 Å². The molecule has 2 aromatic rings. The molecule has 0 bridgehead atoms. The molecule has 0 saturated heterocycles. The molecule has 0 spiro atoms. The van der Waals surface area contributed by atoms with Crippen molar-refractivity contribution in [1.82, 2.24) is 4.98 Å². The highest BCUT2D eigenvalue weighted by Gasteiger charge is 2.22. The summed E-state index contributed by atoms with van der Waals surface area (Å²) in [6.45, 7) is 0. The lowest BCUT2D eigenvalue weighted by molar-refractivity contribution is 0.600. The number of hydrogen-bond donors (Lipinski definition) is 0. The monoisotopic (exact) mass is 304 g/mol. The molecule has 0 unspecified atom stereocenters. The maximum absolute atomic E-state index is 12.3. The van der Waals surface area contributed by atoms with Gasteiger partial charge in [0.2, 0.25) is 9.84 Å². The van der Waals surface area contributed by atoms with Gasteiger partial charge in [-0.05, 0) is 29.8 Å². The van der Waals surface area contributed by atoms with E-state index in [2.05, 4.69) is 4.98 Å². The van der Waals surface area contributed by atoms with E-state index in [4.69, 9.17) is 16.9 Å². The Hall–Kier alpha value is -2.16. The molecule has 0 saturated carbocycles. The average Bonchev–Trinajstić information content (AvgIpc) is 2.47. The second-order valence-electron chi connectivity index (χ2n) is 3.81. The fourth-order valence-corrected chi connectivity index (χ4v) is 2.80. The van der Waals surface area contributed by atoms with E-state index in [1.807, 2.05) is 0 Å². The Balaban J connectivity index is 2.55. The third kappa shape index (κ3) is 2.87. The second kappa shape index (κ2) is 5.87. The van der Waals surface area contributed by atoms with Crippen molar-refractivity contribution in [2.45, 2.75) is 5.03 Å². The lowest BCUT2D eigenvalue weighted by Gasteiger charge is -2.02. The first kappa shape index (κ1) is 14.3. The van der Waals surface area contributed by atoms with Gasteiger partial charge in [0.05, 0.1) is 0 Å². The summed E-state index contributed by atoms with van der Waals surface area (Å²) in [7, 11) is -3.94. The Morgan fingerprint density at radius 3 is 2.50 bits per heavy atom. The molecule has 6 heteroatoms. The fraction of sp³-hybridized carbons (Fsp3) is 0. The SMILES string of the molecule is N#C/C(=C\c1ccccc1Cl)S(=O)(=O)c1ccccn1. The Labute approximate surface area is 121 Å². The Morgan fingerprint density at radius 2 is 1.90 bits per heavy atom. The van der Waals surface area contributed by atoms with Crippen LogP contribution in [0.5, 0.6) is 0 Å². The summed E-state index contributed by atoms with van der Waals surface area (Å²) in [4.78, 5) is 3.37. The van der Waals surface area contributed by atoms with Crippen LogP contribution >= 0.6 is 11.6 Å². The van der Waals surface area contributed by atoms with Gasteiger partial charge in [0.15, 0.2) is 9.93 Å². The maximum Gasteiger partial charge on any atom is 0.233 e. The zero-order chi connectivity index (χ0) is 14.6. The van der Waals surface area contributed by atoms with Gasteiger partial charge in [-0.25, -0.2) is 13.4 Å². The minimum absolute atomic E-state index is 0.167. The van der Waals surface area contributed by atoms with Crippen LogP contribution < -0.4 is 0 Å². The summed E-state index contributed by atoms with van der Waals surface area (Å²) in [5.74, 6) is 0. The van der Waals surface area contributed by atoms with Gasteiger partial charge >= 0.3 is 0 Å². The maximum atomic E-state index is 12.3. The van der Waals surface area contributed by atoms with Crippen molar-refractivity contribution in [3.8, 4) is 6.07 Å². The quantitative estimate of drug-likeness (QED) is 0.817. The van der Waals surface area contributed by atoms with Crippen LogP contribution in [-0.2, 0) is 9.84 Å². The number of aromatic nitrogens is 1. The van der Waals surface area contributed by atoms with Crippen LogP contribution in [0.1, 0.15) is 5.56 Å². The molecule has 0 N–H and O–H groups in total. The first-order chi connectivity index (χ1) is 9.55. The van der Waals surface area contributed by atoms with Crippen molar-refractivity contribution >= 4 is 27.5 Å². The van der Waals surface area contributed by atoms with Gasteiger partial charge in [0, 0.05) is 11.2 Å². The zero-order valence-electron chi connectivity index (χ0n) is 10.2. The van der Waals surface area contributed by atoms with Gasteiger partial charge in [-0.1, -0.05) is 35.9 Å². The fourth-order valence-electron chi connectivity index (χ4n) is 1.52. The number of pyridine rings is 1. The molecule has 1 aromatic carbocycles. The van der Waals surface area contributed by atoms with E-state index in [0.29, 0.717) is 10.6 Å². The normalized spacial score (nSPS) is 11.9. The molecule has 0 aliphatic carbocycles. The van der Waals surface area contributed by atoms with Gasteiger partial charge in [-0.15, -0.1) is 0 Å². The van der Waals surface area contributed by atoms with Gasteiger partial charge in [-0.2, -0.15) is 5.26 Å². The number of rotatable bonds is 3. The van der Waals surface area contributed by atoms with Crippen LogP contribution in [0.25, 0.3) is 6.08 Å². The lowest BCUT2D eigenvalue weighted by atomic mass is 10.2. The van der Waals surface area contributed by atoms with Crippen molar-refractivity contribution in [1.29, 1.82) is 5.26 Å². The van der Waals surface area contributed by atoms with Gasteiger partial charge in [0.25, 0.3) is 0 Å². The smallest absolute Gasteiger partial charge is 0.233 e. The predicted octanol–water partition coefficient (Wildman–Crippen LogP) is 3.07. The van der Waals surface area contributed by atoms with E-state index in [1.165, 1.54) is 18.3 Å². The van der Waals surface area contributed by atoms with Gasteiger partial charge < -0.3 is 0 Å². The molecule has 0 atom stereocenters. The summed E-state index contributed by atoms with van der Waals surface area (Å²) >= 11 is 5.96. The number of allylic oxidation sites excluding steroid dienone is 1. The molecular formula is C14H9ClN2O2S. The number of benzene rings is 1. The Bertz CT molecular complexity index is 793. The summed E-state index contributed by atoms with van der Waals surface area (Å²) in [6.07, 6.45) is 2.60. The molecule has 0 aliphatic heterocycles. The highest BCUT2D eigenvalue weighted by atomic mass is 35.5. The molecule has 0 amide bonds. The van der Waals surface area contributed by atoms with Crippen LogP contribution in [0.4, 0.5) is 0 Å². The van der Waals surface area contributed by atoms with E-state index >= 15 is 0 Å². The van der Waals surface area contributed by atoms with Crippen molar-refractivity contribution in [2.24, 2.45) is 0 Å². The largest absolute Gasteiger partial charge is 0.244 e. The molecule has 20 heavy (non-hydrogen) atoms. The number of nitrogens with zero attached hydrogens (tertiary/aromatic N) is 2. The van der Waals surface area contributed by atoms with Gasteiger partial charge in [-0.3, -0.25) is 0 Å². The third-order valence-corrected chi connectivity index (χ3v) is 4.43. The number of sulfone groups is 1. The van der Waals surface area contributed by atoms with E-state index in [9.17, 15) is 8.42 Å². The van der Waals surface area contributed by atoms with Crippen LogP contribution in [0, 0.1) is 11.3 Å². The molecule has 0 aliphatic rings. The van der Waals surface area contributed by atoms with Crippen LogP contribution in [-0.4, -0.2) is 13.4 Å². The first-order valence-corrected chi connectivity index (χ1v) is 7.44. The average molecular weight is 305 g/mol. The van der Waals surface area contributed by atoms with Gasteiger partial charge in [0.1, 0.15) is 6.07 Å². The Kier molecular flexibility index (Phi) is 4.18. The molecule has 1 aromatic heterocycles. The zero-order valence-corrected chi connectivity index (χ0v) is 11.8. The minimum atomic E-state index is -3.94. The molecule has 100 valence electrons. The second-order valence-corrected chi connectivity index (χ2v) is 6.09. The standard InChI is InChI=1S/C14H9ClN2O2S/c15-13-6-2-1-5-11(13)9-12(10-16)20(18,19)14-7-3-4-8-17-14/h1-9H/b12-9+. The van der Waals surface area contributed by atoms with Crippen LogP contribution in [0.15, 0.2) is 58.6 Å². The summed E-state index contributed by atoms with van der Waals surface area (Å²) in [5.41, 5.74) is 0.463. The van der Waals surface area contributed by atoms with E-state index in [-0.39, 0.29) is 5.03 Å². The number of nitriles is 1. The van der Waals surface area contributed by atoms with Crippen molar-refractivity contribution in [2.75, 3.05) is 0 Å².